The average Bonchev–Trinajstić information content (AvgIpc) is 2.78. The van der Waals surface area contributed by atoms with E-state index in [9.17, 15) is 0 Å². The van der Waals surface area contributed by atoms with Gasteiger partial charge in [-0.1, -0.05) is 12.1 Å². The van der Waals surface area contributed by atoms with Crippen molar-refractivity contribution in [2.45, 2.75) is 51.3 Å². The Morgan fingerprint density at radius 2 is 1.83 bits per heavy atom. The number of aliphatic hydroxyl groups is 2. The van der Waals surface area contributed by atoms with Crippen molar-refractivity contribution in [2.75, 3.05) is 13.2 Å². The third-order valence-corrected chi connectivity index (χ3v) is 3.43. The molecule has 23 heavy (non-hydrogen) atoms. The molecule has 0 bridgehead atoms. The fourth-order valence-electron chi connectivity index (χ4n) is 2.31. The first-order valence-electron chi connectivity index (χ1n) is 7.37. The van der Waals surface area contributed by atoms with Gasteiger partial charge in [-0.05, 0) is 45.2 Å². The Kier molecular flexibility index (Phi) is 13.1. The van der Waals surface area contributed by atoms with Gasteiger partial charge in [0.1, 0.15) is 5.75 Å². The van der Waals surface area contributed by atoms with Gasteiger partial charge < -0.3 is 24.4 Å². The first-order chi connectivity index (χ1) is 9.96. The molecule has 0 aromatic heterocycles. The minimum atomic E-state index is -1.43. The van der Waals surface area contributed by atoms with Gasteiger partial charge in [-0.3, -0.25) is 0 Å². The predicted molar refractivity (Wildman–Crippen MR) is 77.9 cm³/mol. The summed E-state index contributed by atoms with van der Waals surface area (Å²) in [5, 5.41) is 18.0. The fourth-order valence-corrected chi connectivity index (χ4v) is 2.31. The molecule has 2 radical (unpaired) electrons. The summed E-state index contributed by atoms with van der Waals surface area (Å²) in [5.74, 6) is 0.293. The molecular formula is C16H24Ac2O5. The third kappa shape index (κ3) is 9.30. The molecule has 2 N–H and O–H groups in total. The molecule has 1 fully saturated rings. The summed E-state index contributed by atoms with van der Waals surface area (Å²) in [6.07, 6.45) is 1.70. The third-order valence-electron chi connectivity index (χ3n) is 3.43. The summed E-state index contributed by atoms with van der Waals surface area (Å²) < 4.78 is 16.9. The normalized spacial score (nSPS) is 19.1. The van der Waals surface area contributed by atoms with Gasteiger partial charge in [-0.25, -0.2) is 0 Å². The largest absolute Gasteiger partial charge is 0.494 e. The first-order valence-corrected chi connectivity index (χ1v) is 7.37. The van der Waals surface area contributed by atoms with E-state index in [1.54, 1.807) is 24.3 Å². The summed E-state index contributed by atoms with van der Waals surface area (Å²) in [6, 6.07) is 6.77. The molecule has 1 aliphatic rings. The van der Waals surface area contributed by atoms with Crippen molar-refractivity contribution >= 4 is 0 Å². The van der Waals surface area contributed by atoms with Crippen molar-refractivity contribution in [1.29, 1.82) is 0 Å². The number of unbranched alkanes of at least 4 members (excludes halogenated alkanes) is 1. The summed E-state index contributed by atoms with van der Waals surface area (Å²) in [4.78, 5) is 0. The van der Waals surface area contributed by atoms with Gasteiger partial charge in [0.25, 0.3) is 0 Å². The van der Waals surface area contributed by atoms with E-state index < -0.39 is 12.1 Å². The van der Waals surface area contributed by atoms with Crippen LogP contribution in [0, 0.1) is 88.1 Å². The molecule has 2 rings (SSSR count). The molecule has 0 amide bonds. The summed E-state index contributed by atoms with van der Waals surface area (Å²) >= 11 is 0. The zero-order valence-electron chi connectivity index (χ0n) is 13.8. The molecule has 0 saturated carbocycles. The van der Waals surface area contributed by atoms with E-state index >= 15 is 0 Å². The van der Waals surface area contributed by atoms with E-state index in [-0.39, 0.29) is 94.2 Å². The number of hydrogen-bond acceptors (Lipinski definition) is 5. The van der Waals surface area contributed by atoms with Gasteiger partial charge in [0, 0.05) is 93.7 Å². The molecule has 124 valence electrons. The van der Waals surface area contributed by atoms with Crippen LogP contribution in [0.3, 0.4) is 0 Å². The van der Waals surface area contributed by atoms with Crippen LogP contribution in [0.25, 0.3) is 0 Å². The number of hydrogen-bond donors (Lipinski definition) is 2. The Hall–Kier alpha value is 1.74. The minimum Gasteiger partial charge on any atom is -0.494 e. The second-order valence-electron chi connectivity index (χ2n) is 5.74. The molecule has 1 saturated heterocycles. The van der Waals surface area contributed by atoms with Crippen molar-refractivity contribution < 1.29 is 113 Å². The Balaban J connectivity index is 0.00000242. The second kappa shape index (κ2) is 12.2. The van der Waals surface area contributed by atoms with Crippen molar-refractivity contribution in [3.8, 4) is 5.75 Å². The zero-order chi connectivity index (χ0) is 15.3. The number of aliphatic hydroxyl groups excluding tert-OH is 1. The van der Waals surface area contributed by atoms with Crippen LogP contribution in [0.2, 0.25) is 0 Å². The van der Waals surface area contributed by atoms with Crippen LogP contribution in [-0.2, 0) is 9.47 Å². The smallest absolute Gasteiger partial charge is 0.178 e. The quantitative estimate of drug-likeness (QED) is 0.332. The van der Waals surface area contributed by atoms with E-state index in [2.05, 4.69) is 0 Å². The Bertz CT molecular complexity index is 437. The van der Waals surface area contributed by atoms with Crippen LogP contribution in [0.4, 0.5) is 0 Å². The maximum Gasteiger partial charge on any atom is 0.178 e. The van der Waals surface area contributed by atoms with Gasteiger partial charge in [-0.15, -0.1) is 0 Å². The van der Waals surface area contributed by atoms with E-state index in [1.807, 2.05) is 13.8 Å². The van der Waals surface area contributed by atoms with Crippen LogP contribution in [0.5, 0.6) is 5.75 Å². The van der Waals surface area contributed by atoms with Crippen LogP contribution >= 0.6 is 0 Å². The Morgan fingerprint density at radius 3 is 2.35 bits per heavy atom. The van der Waals surface area contributed by atoms with Crippen LogP contribution in [0.15, 0.2) is 24.3 Å². The molecule has 5 nitrogen and oxygen atoms in total. The number of ether oxygens (including phenoxy) is 3. The zero-order valence-corrected chi connectivity index (χ0v) is 23.3. The average molecular weight is 750 g/mol. The summed E-state index contributed by atoms with van der Waals surface area (Å²) in [6.45, 7) is 5.17. The minimum absolute atomic E-state index is 0. The first kappa shape index (κ1) is 24.7. The maximum atomic E-state index is 8.99. The van der Waals surface area contributed by atoms with Crippen LogP contribution in [-0.4, -0.2) is 35.3 Å². The molecule has 1 aromatic rings. The van der Waals surface area contributed by atoms with E-state index in [0.29, 0.717) is 18.8 Å². The summed E-state index contributed by atoms with van der Waals surface area (Å²) in [5.41, 5.74) is 0.461. The van der Waals surface area contributed by atoms with Gasteiger partial charge >= 0.3 is 0 Å². The number of benzene rings is 1. The van der Waals surface area contributed by atoms with Crippen molar-refractivity contribution in [2.24, 2.45) is 0 Å². The van der Waals surface area contributed by atoms with Gasteiger partial charge in [-0.2, -0.15) is 0 Å². The van der Waals surface area contributed by atoms with Crippen molar-refractivity contribution in [3.63, 3.8) is 0 Å². The fraction of sp³-hybridized carbons (Fsp3) is 0.625. The molecule has 0 spiro atoms. The molecule has 1 atom stereocenters. The molecule has 0 aliphatic carbocycles. The summed E-state index contributed by atoms with van der Waals surface area (Å²) in [7, 11) is 0. The Morgan fingerprint density at radius 1 is 1.17 bits per heavy atom. The number of rotatable bonds is 7. The maximum absolute atomic E-state index is 8.99. The monoisotopic (exact) mass is 750 g/mol. The van der Waals surface area contributed by atoms with E-state index in [0.717, 1.165) is 25.0 Å². The Labute approximate surface area is 209 Å². The van der Waals surface area contributed by atoms with E-state index in [4.69, 9.17) is 24.4 Å². The van der Waals surface area contributed by atoms with Gasteiger partial charge in [0.2, 0.25) is 0 Å². The van der Waals surface area contributed by atoms with Crippen molar-refractivity contribution in [1.82, 2.24) is 0 Å². The molecule has 1 aliphatic heterocycles. The standard InChI is InChI=1S/C16H24O5.2Ac/c1-16(2)20-11-14(21-16)5-3-4-10-19-13-8-6-12(7-9-13)15(17)18;;/h6-9,14-15,17-18H,3-5,10-11H2,1-2H3;;. The van der Waals surface area contributed by atoms with Crippen LogP contribution < -0.4 is 4.74 Å². The molecule has 1 aromatic carbocycles. The van der Waals surface area contributed by atoms with Crippen molar-refractivity contribution in [3.05, 3.63) is 29.8 Å². The van der Waals surface area contributed by atoms with Gasteiger partial charge in [0.15, 0.2) is 12.1 Å². The SMILES string of the molecule is CC1(C)OCC(CCCCOc2ccc(C(O)O)cc2)O1.[Ac].[Ac]. The molecule has 7 heteroatoms. The van der Waals surface area contributed by atoms with E-state index in [1.165, 1.54) is 0 Å². The molecule has 1 unspecified atom stereocenters. The van der Waals surface area contributed by atoms with Gasteiger partial charge in [0.05, 0.1) is 19.3 Å². The molecule has 1 heterocycles. The topological polar surface area (TPSA) is 68.2 Å². The second-order valence-corrected chi connectivity index (χ2v) is 5.74. The predicted octanol–water partition coefficient (Wildman–Crippen LogP) is 2.37. The molecular weight excluding hydrogens is 726 g/mol. The van der Waals surface area contributed by atoms with Crippen LogP contribution in [0.1, 0.15) is 45.0 Å².